The molecule has 112 valence electrons. The molecule has 0 bridgehead atoms. The molecule has 0 heterocycles. The van der Waals surface area contributed by atoms with Crippen LogP contribution in [0.3, 0.4) is 0 Å². The van der Waals surface area contributed by atoms with E-state index >= 15 is 0 Å². The molecule has 1 aliphatic carbocycles. The Morgan fingerprint density at radius 1 is 1.25 bits per heavy atom. The molecule has 4 heteroatoms. The van der Waals surface area contributed by atoms with Crippen LogP contribution in [0.5, 0.6) is 0 Å². The van der Waals surface area contributed by atoms with Crippen LogP contribution in [0.1, 0.15) is 50.3 Å². The van der Waals surface area contributed by atoms with Gasteiger partial charge in [-0.05, 0) is 49.3 Å². The Morgan fingerprint density at radius 2 is 1.90 bits per heavy atom. The monoisotopic (exact) mass is 285 g/mol. The van der Waals surface area contributed by atoms with Gasteiger partial charge in [0.05, 0.1) is 5.56 Å². The summed E-state index contributed by atoms with van der Waals surface area (Å²) in [6.45, 7) is 4.84. The summed E-state index contributed by atoms with van der Waals surface area (Å²) in [4.78, 5) is 0. The van der Waals surface area contributed by atoms with Crippen molar-refractivity contribution in [3.05, 3.63) is 35.4 Å². The van der Waals surface area contributed by atoms with Crippen LogP contribution in [0, 0.1) is 11.8 Å². The third kappa shape index (κ3) is 3.54. The fourth-order valence-electron chi connectivity index (χ4n) is 2.80. The lowest BCUT2D eigenvalue weighted by atomic mass is 9.87. The molecule has 0 aliphatic heterocycles. The van der Waals surface area contributed by atoms with Crippen molar-refractivity contribution >= 4 is 0 Å². The summed E-state index contributed by atoms with van der Waals surface area (Å²) in [7, 11) is 0. The van der Waals surface area contributed by atoms with Crippen LogP contribution in [0.25, 0.3) is 0 Å². The molecule has 2 atom stereocenters. The minimum atomic E-state index is -4.29. The standard InChI is InChI=1S/C16H22F3N/c1-3-10-20-15(11(2)12-8-9-12)13-6-4-5-7-14(13)16(17,18)19/h4-7,11-12,15,20H,3,8-10H2,1-2H3. The van der Waals surface area contributed by atoms with Gasteiger partial charge in [-0.1, -0.05) is 32.0 Å². The van der Waals surface area contributed by atoms with Gasteiger partial charge in [-0.2, -0.15) is 13.2 Å². The molecule has 1 aromatic carbocycles. The second kappa shape index (κ2) is 6.17. The number of hydrogen-bond donors (Lipinski definition) is 1. The quantitative estimate of drug-likeness (QED) is 0.792. The third-order valence-electron chi connectivity index (χ3n) is 4.11. The smallest absolute Gasteiger partial charge is 0.310 e. The largest absolute Gasteiger partial charge is 0.416 e. The first-order valence-electron chi connectivity index (χ1n) is 7.34. The van der Waals surface area contributed by atoms with E-state index in [-0.39, 0.29) is 12.0 Å². The third-order valence-corrected chi connectivity index (χ3v) is 4.11. The number of benzene rings is 1. The molecule has 0 amide bonds. The minimum Gasteiger partial charge on any atom is -0.310 e. The fraction of sp³-hybridized carbons (Fsp3) is 0.625. The Bertz CT molecular complexity index is 438. The molecule has 0 radical (unpaired) electrons. The van der Waals surface area contributed by atoms with E-state index in [4.69, 9.17) is 0 Å². The van der Waals surface area contributed by atoms with Crippen molar-refractivity contribution in [2.75, 3.05) is 6.54 Å². The summed E-state index contributed by atoms with van der Waals surface area (Å²) >= 11 is 0. The van der Waals surface area contributed by atoms with Crippen molar-refractivity contribution in [1.29, 1.82) is 0 Å². The number of halogens is 3. The van der Waals surface area contributed by atoms with Crippen molar-refractivity contribution in [3.8, 4) is 0 Å². The second-order valence-corrected chi connectivity index (χ2v) is 5.71. The van der Waals surface area contributed by atoms with E-state index in [2.05, 4.69) is 12.2 Å². The van der Waals surface area contributed by atoms with Crippen LogP contribution in [-0.2, 0) is 6.18 Å². The summed E-state index contributed by atoms with van der Waals surface area (Å²) in [5.74, 6) is 0.802. The zero-order valence-electron chi connectivity index (χ0n) is 12.0. The maximum Gasteiger partial charge on any atom is 0.416 e. The number of hydrogen-bond acceptors (Lipinski definition) is 1. The van der Waals surface area contributed by atoms with Crippen molar-refractivity contribution in [3.63, 3.8) is 0 Å². The van der Waals surface area contributed by atoms with E-state index in [0.717, 1.165) is 25.8 Å². The maximum atomic E-state index is 13.2. The summed E-state index contributed by atoms with van der Waals surface area (Å²) in [6, 6.07) is 5.76. The first-order chi connectivity index (χ1) is 9.45. The zero-order valence-corrected chi connectivity index (χ0v) is 12.0. The Labute approximate surface area is 118 Å². The molecule has 2 rings (SSSR count). The number of alkyl halides is 3. The van der Waals surface area contributed by atoms with Gasteiger partial charge in [0.2, 0.25) is 0 Å². The van der Waals surface area contributed by atoms with Gasteiger partial charge in [0.25, 0.3) is 0 Å². The van der Waals surface area contributed by atoms with Gasteiger partial charge in [-0.15, -0.1) is 0 Å². The molecule has 1 nitrogen and oxygen atoms in total. The van der Waals surface area contributed by atoms with E-state index in [1.807, 2.05) is 6.92 Å². The van der Waals surface area contributed by atoms with E-state index in [9.17, 15) is 13.2 Å². The zero-order chi connectivity index (χ0) is 14.8. The van der Waals surface area contributed by atoms with Crippen LogP contribution >= 0.6 is 0 Å². The molecule has 0 saturated heterocycles. The first-order valence-corrected chi connectivity index (χ1v) is 7.34. The van der Waals surface area contributed by atoms with E-state index in [1.54, 1.807) is 12.1 Å². The van der Waals surface area contributed by atoms with Gasteiger partial charge >= 0.3 is 6.18 Å². The number of rotatable bonds is 6. The highest BCUT2D eigenvalue weighted by molar-refractivity contribution is 5.33. The highest BCUT2D eigenvalue weighted by atomic mass is 19.4. The Kier molecular flexibility index (Phi) is 4.74. The van der Waals surface area contributed by atoms with E-state index in [1.165, 1.54) is 12.1 Å². The van der Waals surface area contributed by atoms with Crippen molar-refractivity contribution in [2.45, 2.75) is 45.3 Å². The molecular formula is C16H22F3N. The van der Waals surface area contributed by atoms with Gasteiger partial charge in [-0.25, -0.2) is 0 Å². The Balaban J connectivity index is 2.32. The van der Waals surface area contributed by atoms with Gasteiger partial charge in [0.15, 0.2) is 0 Å². The fourth-order valence-corrected chi connectivity index (χ4v) is 2.80. The van der Waals surface area contributed by atoms with Gasteiger partial charge < -0.3 is 5.32 Å². The second-order valence-electron chi connectivity index (χ2n) is 5.71. The predicted octanol–water partition coefficient (Wildman–Crippen LogP) is 4.79. The number of nitrogens with one attached hydrogen (secondary N) is 1. The van der Waals surface area contributed by atoms with E-state index in [0.29, 0.717) is 11.5 Å². The molecule has 20 heavy (non-hydrogen) atoms. The van der Waals surface area contributed by atoms with Gasteiger partial charge in [0.1, 0.15) is 0 Å². The summed E-state index contributed by atoms with van der Waals surface area (Å²) in [6.07, 6.45) is -1.09. The lowest BCUT2D eigenvalue weighted by molar-refractivity contribution is -0.138. The highest BCUT2D eigenvalue weighted by Gasteiger charge is 2.39. The van der Waals surface area contributed by atoms with Crippen LogP contribution < -0.4 is 5.32 Å². The molecule has 0 spiro atoms. The van der Waals surface area contributed by atoms with Crippen LogP contribution in [0.4, 0.5) is 13.2 Å². The molecule has 1 fully saturated rings. The first kappa shape index (κ1) is 15.4. The molecular weight excluding hydrogens is 263 g/mol. The maximum absolute atomic E-state index is 13.2. The molecule has 1 aliphatic rings. The summed E-state index contributed by atoms with van der Waals surface area (Å²) in [5.41, 5.74) is -0.103. The van der Waals surface area contributed by atoms with Crippen molar-refractivity contribution < 1.29 is 13.2 Å². The molecule has 1 N–H and O–H groups in total. The normalized spacial score (nSPS) is 18.9. The molecule has 0 aromatic heterocycles. The molecule has 1 saturated carbocycles. The SMILES string of the molecule is CCCNC(c1ccccc1C(F)(F)F)C(C)C1CC1. The Hall–Kier alpha value is -1.03. The predicted molar refractivity (Wildman–Crippen MR) is 74.4 cm³/mol. The van der Waals surface area contributed by atoms with Gasteiger partial charge in [-0.3, -0.25) is 0 Å². The topological polar surface area (TPSA) is 12.0 Å². The van der Waals surface area contributed by atoms with Crippen LogP contribution in [0.2, 0.25) is 0 Å². The lowest BCUT2D eigenvalue weighted by Gasteiger charge is -2.28. The average Bonchev–Trinajstić information content (AvgIpc) is 3.22. The minimum absolute atomic E-state index is 0.208. The summed E-state index contributed by atoms with van der Waals surface area (Å²) < 4.78 is 39.5. The molecule has 2 unspecified atom stereocenters. The van der Waals surface area contributed by atoms with Crippen LogP contribution in [-0.4, -0.2) is 6.54 Å². The van der Waals surface area contributed by atoms with Crippen molar-refractivity contribution in [1.82, 2.24) is 5.32 Å². The summed E-state index contributed by atoms with van der Waals surface area (Å²) in [5, 5.41) is 3.32. The van der Waals surface area contributed by atoms with Crippen LogP contribution in [0.15, 0.2) is 24.3 Å². The lowest BCUT2D eigenvalue weighted by Crippen LogP contribution is -2.30. The Morgan fingerprint density at radius 3 is 2.45 bits per heavy atom. The van der Waals surface area contributed by atoms with Crippen molar-refractivity contribution in [2.24, 2.45) is 11.8 Å². The molecule has 1 aromatic rings. The van der Waals surface area contributed by atoms with E-state index < -0.39 is 11.7 Å². The highest BCUT2D eigenvalue weighted by Crippen LogP contribution is 2.45. The van der Waals surface area contributed by atoms with Gasteiger partial charge in [0, 0.05) is 6.04 Å². The average molecular weight is 285 g/mol.